The number of aryl methyl sites for hydroxylation is 1. The van der Waals surface area contributed by atoms with E-state index in [0.717, 1.165) is 5.69 Å². The molecule has 1 rings (SSSR count). The molecule has 0 amide bonds. The summed E-state index contributed by atoms with van der Waals surface area (Å²) in [6.07, 6.45) is 4.51. The van der Waals surface area contributed by atoms with Gasteiger partial charge in [0.15, 0.2) is 0 Å². The molecule has 0 aliphatic rings. The second kappa shape index (κ2) is 19.2. The van der Waals surface area contributed by atoms with Crippen molar-refractivity contribution in [1.29, 1.82) is 0 Å². The molecule has 0 unspecified atom stereocenters. The summed E-state index contributed by atoms with van der Waals surface area (Å²) >= 11 is 7.21. The molecule has 12 heteroatoms. The zero-order valence-corrected chi connectivity index (χ0v) is 16.6. The van der Waals surface area contributed by atoms with Gasteiger partial charge in [-0.3, -0.25) is 0 Å². The second-order valence-electron chi connectivity index (χ2n) is 3.08. The Morgan fingerprint density at radius 3 is 1.32 bits per heavy atom. The summed E-state index contributed by atoms with van der Waals surface area (Å²) in [5, 5.41) is 0. The van der Waals surface area contributed by atoms with Crippen molar-refractivity contribution in [2.24, 2.45) is 0 Å². The lowest BCUT2D eigenvalue weighted by molar-refractivity contribution is 0.361. The van der Waals surface area contributed by atoms with Gasteiger partial charge in [-0.05, 0) is 36.6 Å². The Bertz CT molecular complexity index is 377. The summed E-state index contributed by atoms with van der Waals surface area (Å²) in [4.78, 5) is 52.9. The van der Waals surface area contributed by atoms with Gasteiger partial charge in [0.2, 0.25) is 0 Å². The van der Waals surface area contributed by atoms with Crippen molar-refractivity contribution >= 4 is 37.1 Å². The van der Waals surface area contributed by atoms with Crippen LogP contribution in [0.3, 0.4) is 0 Å². The summed E-state index contributed by atoms with van der Waals surface area (Å²) in [5.41, 5.74) is 1.01. The van der Waals surface area contributed by atoms with Crippen LogP contribution in [0.4, 0.5) is 0 Å². The van der Waals surface area contributed by atoms with Gasteiger partial charge in [0, 0.05) is 11.9 Å². The smallest absolute Gasteiger partial charge is 0.319 e. The molecule has 1 aromatic rings. The monoisotopic (exact) mass is 396 g/mol. The first-order valence-corrected chi connectivity index (χ1v) is 11.4. The fourth-order valence-corrected chi connectivity index (χ4v) is 0.357. The molecule has 0 spiro atoms. The van der Waals surface area contributed by atoms with Crippen LogP contribution in [0, 0.1) is 6.92 Å². The minimum absolute atomic E-state index is 1.01. The topological polar surface area (TPSA) is 147 Å². The lowest BCUT2D eigenvalue weighted by Gasteiger charge is -1.88. The van der Waals surface area contributed by atoms with E-state index in [0.29, 0.717) is 0 Å². The quantitative estimate of drug-likeness (QED) is 0.357. The first kappa shape index (κ1) is 30.1. The van der Waals surface area contributed by atoms with Crippen molar-refractivity contribution in [1.82, 2.24) is 9.97 Å². The number of nitrogens with zero attached hydrogens (tertiary/aromatic N) is 2. The van der Waals surface area contributed by atoms with E-state index in [2.05, 4.69) is 47.4 Å². The molecule has 0 aliphatic carbocycles. The minimum Gasteiger partial charge on any atom is -0.325 e. The molecule has 0 saturated heterocycles. The molecule has 0 aromatic carbocycles. The molecule has 6 N–H and O–H groups in total. The summed E-state index contributed by atoms with van der Waals surface area (Å²) in [6.45, 7) is 2.57. The fraction of sp³-hybridized carbons (Fsp3) is 0.600. The van der Waals surface area contributed by atoms with Crippen LogP contribution in [0.2, 0.25) is 0 Å². The molecule has 0 atom stereocenters. The summed E-state index contributed by atoms with van der Waals surface area (Å²) in [6, 6.07) is 1.86. The highest BCUT2D eigenvalue weighted by molar-refractivity contribution is 8.06. The van der Waals surface area contributed by atoms with E-state index in [1.54, 1.807) is 6.20 Å². The van der Waals surface area contributed by atoms with E-state index < -0.39 is 13.4 Å². The van der Waals surface area contributed by atoms with E-state index in [4.69, 9.17) is 29.4 Å². The molecule has 0 bridgehead atoms. The zero-order valence-electron chi connectivity index (χ0n) is 13.2. The van der Waals surface area contributed by atoms with Crippen LogP contribution in [0.1, 0.15) is 39.8 Å². The Morgan fingerprint density at radius 1 is 0.955 bits per heavy atom. The molecule has 22 heavy (non-hydrogen) atoms. The van der Waals surface area contributed by atoms with Gasteiger partial charge in [-0.1, -0.05) is 34.1 Å². The molecule has 0 radical (unpaired) electrons. The predicted octanol–water partition coefficient (Wildman–Crippen LogP) is 1.60. The van der Waals surface area contributed by atoms with Crippen molar-refractivity contribution < 1.29 is 29.4 Å². The predicted molar refractivity (Wildman–Crippen MR) is 96.0 cm³/mol. The molecule has 0 saturated carbocycles. The van der Waals surface area contributed by atoms with Gasteiger partial charge in [-0.25, -0.2) is 9.97 Å². The third-order valence-electron chi connectivity index (χ3n) is 0.730. The van der Waals surface area contributed by atoms with Crippen LogP contribution in [-0.2, 0) is 23.6 Å². The van der Waals surface area contributed by atoms with Gasteiger partial charge in [0.05, 0.1) is 0 Å². The highest BCUT2D eigenvalue weighted by Gasteiger charge is 1.92. The van der Waals surface area contributed by atoms with Gasteiger partial charge < -0.3 is 29.4 Å². The molecule has 8 nitrogen and oxygen atoms in total. The largest absolute Gasteiger partial charge is 0.325 e. The minimum atomic E-state index is -3.81. The normalized spacial score (nSPS) is 9.23. The maximum absolute atomic E-state index is 7.56. The SMILES string of the molecule is CC.CCC.Cc1ccncn1.OP(O)(O)=S.OP(O)(O)=S. The van der Waals surface area contributed by atoms with Crippen LogP contribution < -0.4 is 0 Å². The highest BCUT2D eigenvalue weighted by atomic mass is 32.5. The number of aromatic nitrogens is 2. The van der Waals surface area contributed by atoms with Crippen molar-refractivity contribution in [2.75, 3.05) is 0 Å². The Hall–Kier alpha value is 0.140. The van der Waals surface area contributed by atoms with Gasteiger partial charge in [-0.2, -0.15) is 0 Å². The molecule has 134 valence electrons. The van der Waals surface area contributed by atoms with Crippen molar-refractivity contribution in [3.8, 4) is 0 Å². The van der Waals surface area contributed by atoms with Crippen LogP contribution in [-0.4, -0.2) is 39.3 Å². The lowest BCUT2D eigenvalue weighted by Crippen LogP contribution is -1.77. The van der Waals surface area contributed by atoms with E-state index >= 15 is 0 Å². The molecule has 0 aliphatic heterocycles. The van der Waals surface area contributed by atoms with Crippen LogP contribution in [0.25, 0.3) is 0 Å². The fourth-order valence-electron chi connectivity index (χ4n) is 0.357. The molecular formula is C10H26N2O6P2S2. The first-order chi connectivity index (χ1) is 9.81. The molecule has 1 heterocycles. The lowest BCUT2D eigenvalue weighted by atomic mass is 10.5. The van der Waals surface area contributed by atoms with Gasteiger partial charge in [0.25, 0.3) is 0 Å². The van der Waals surface area contributed by atoms with Crippen molar-refractivity contribution in [2.45, 2.75) is 41.0 Å². The number of rotatable bonds is 0. The van der Waals surface area contributed by atoms with E-state index in [1.807, 2.05) is 26.8 Å². The average Bonchev–Trinajstić information content (AvgIpc) is 2.29. The van der Waals surface area contributed by atoms with E-state index in [-0.39, 0.29) is 0 Å². The van der Waals surface area contributed by atoms with E-state index in [9.17, 15) is 0 Å². The molecule has 0 fully saturated rings. The maximum Gasteiger partial charge on any atom is 0.319 e. The number of hydrogen-bond donors (Lipinski definition) is 6. The van der Waals surface area contributed by atoms with Crippen LogP contribution in [0.15, 0.2) is 18.6 Å². The Balaban J connectivity index is -0.0000000983. The summed E-state index contributed by atoms with van der Waals surface area (Å²) in [5.74, 6) is 0. The second-order valence-corrected chi connectivity index (χ2v) is 8.08. The Labute approximate surface area is 142 Å². The van der Waals surface area contributed by atoms with Gasteiger partial charge in [0.1, 0.15) is 6.33 Å². The summed E-state index contributed by atoms with van der Waals surface area (Å²) in [7, 11) is 0. The molecular weight excluding hydrogens is 370 g/mol. The van der Waals surface area contributed by atoms with Gasteiger partial charge >= 0.3 is 13.4 Å². The van der Waals surface area contributed by atoms with Crippen LogP contribution >= 0.6 is 13.4 Å². The average molecular weight is 396 g/mol. The van der Waals surface area contributed by atoms with E-state index in [1.165, 1.54) is 12.7 Å². The maximum atomic E-state index is 7.56. The van der Waals surface area contributed by atoms with Crippen LogP contribution in [0.5, 0.6) is 0 Å². The third-order valence-corrected chi connectivity index (χ3v) is 0.730. The molecule has 1 aromatic heterocycles. The number of hydrogen-bond acceptors (Lipinski definition) is 4. The summed E-state index contributed by atoms with van der Waals surface area (Å²) < 4.78 is 0. The first-order valence-electron chi connectivity index (χ1n) is 6.10. The highest BCUT2D eigenvalue weighted by Crippen LogP contribution is 2.26. The third kappa shape index (κ3) is 111. The standard InChI is InChI=1S/C5H6N2.C3H8.C2H6.2H3O3PS/c1-5-2-3-6-4-7-5;1-3-2;1-2;2*1-4(2,3)5/h2-4H,1H3;3H2,1-2H3;1-2H3;2*(H3,1,2,3,5). The Kier molecular flexibility index (Phi) is 26.2. The van der Waals surface area contributed by atoms with Crippen molar-refractivity contribution in [3.63, 3.8) is 0 Å². The zero-order chi connectivity index (χ0) is 18.8. The van der Waals surface area contributed by atoms with Gasteiger partial charge in [-0.15, -0.1) is 0 Å². The van der Waals surface area contributed by atoms with Crippen molar-refractivity contribution in [3.05, 3.63) is 24.3 Å². The Morgan fingerprint density at radius 2 is 1.23 bits per heavy atom.